The molecule has 114 valence electrons. The minimum absolute atomic E-state index is 0.288. The number of hydrogen-bond donors (Lipinski definition) is 2. The van der Waals surface area contributed by atoms with Gasteiger partial charge in [-0.05, 0) is 49.4 Å². The van der Waals surface area contributed by atoms with Crippen LogP contribution in [0.4, 0.5) is 0 Å². The van der Waals surface area contributed by atoms with Crippen LogP contribution >= 0.6 is 6.72 Å². The molecule has 1 saturated carbocycles. The van der Waals surface area contributed by atoms with E-state index >= 15 is 0 Å². The summed E-state index contributed by atoms with van der Waals surface area (Å²) in [5.74, 6) is 2.17. The maximum atomic E-state index is 9.06. The van der Waals surface area contributed by atoms with Crippen molar-refractivity contribution in [3.05, 3.63) is 0 Å². The van der Waals surface area contributed by atoms with Crippen molar-refractivity contribution in [1.82, 2.24) is 4.90 Å². The van der Waals surface area contributed by atoms with E-state index in [1.165, 1.54) is 19.3 Å². The van der Waals surface area contributed by atoms with Crippen molar-refractivity contribution in [3.8, 4) is 0 Å². The maximum Gasteiger partial charge on any atom is 0.321 e. The second-order valence-electron chi connectivity index (χ2n) is 6.20. The third-order valence-corrected chi connectivity index (χ3v) is 5.09. The summed E-state index contributed by atoms with van der Waals surface area (Å²) in [5, 5.41) is 0. The summed E-state index contributed by atoms with van der Waals surface area (Å²) in [7, 11) is 2.10. The summed E-state index contributed by atoms with van der Waals surface area (Å²) in [6, 6.07) is 0.558. The smallest absolute Gasteiger partial charge is 0.321 e. The summed E-state index contributed by atoms with van der Waals surface area (Å²) < 4.78 is 4.91. The second kappa shape index (κ2) is 7.48. The number of hydrogen-bond acceptors (Lipinski definition) is 3. The van der Waals surface area contributed by atoms with Crippen LogP contribution in [-0.2, 0) is 16.3 Å². The van der Waals surface area contributed by atoms with Crippen LogP contribution in [0.15, 0.2) is 0 Å². The maximum absolute atomic E-state index is 9.06. The van der Waals surface area contributed by atoms with Crippen LogP contribution in [0.25, 0.3) is 0 Å². The zero-order valence-corrected chi connectivity index (χ0v) is 14.2. The first kappa shape index (κ1) is 17.5. The molecule has 0 heterocycles. The molecule has 0 aromatic rings. The Labute approximate surface area is 122 Å². The highest BCUT2D eigenvalue weighted by Gasteiger charge is 2.33. The zero-order chi connectivity index (χ0) is 14.6. The van der Waals surface area contributed by atoms with Gasteiger partial charge < -0.3 is 19.2 Å². The minimum atomic E-state index is -3.50. The molecule has 19 heavy (non-hydrogen) atoms. The topological polar surface area (TPSA) is 52.9 Å². The average molecular weight is 309 g/mol. The quantitative estimate of drug-likeness (QED) is 0.739. The van der Waals surface area contributed by atoms with Gasteiger partial charge in [-0.15, -0.1) is 0 Å². The van der Waals surface area contributed by atoms with Gasteiger partial charge in [-0.1, -0.05) is 27.2 Å². The normalized spacial score (nSPS) is 29.2. The fourth-order valence-corrected chi connectivity index (χ4v) is 3.67. The van der Waals surface area contributed by atoms with E-state index in [1.807, 2.05) is 0 Å². The summed E-state index contributed by atoms with van der Waals surface area (Å²) >= 11 is 4.46. The molecule has 1 fully saturated rings. The Morgan fingerprint density at radius 3 is 2.53 bits per heavy atom. The lowest BCUT2D eigenvalue weighted by molar-refractivity contribution is 0.0667. The largest absolute Gasteiger partial charge is 0.325 e. The van der Waals surface area contributed by atoms with Crippen molar-refractivity contribution >= 4 is 18.5 Å². The van der Waals surface area contributed by atoms with Gasteiger partial charge in [0.25, 0.3) is 0 Å². The molecule has 0 amide bonds. The van der Waals surface area contributed by atoms with Gasteiger partial charge in [0.15, 0.2) is 0 Å². The third kappa shape index (κ3) is 6.19. The lowest BCUT2D eigenvalue weighted by Gasteiger charge is -2.42. The van der Waals surface area contributed by atoms with Crippen LogP contribution in [-0.4, -0.2) is 40.9 Å². The second-order valence-corrected chi connectivity index (χ2v) is 8.86. The molecular weight excluding hydrogens is 281 g/mol. The average Bonchev–Trinajstić information content (AvgIpc) is 2.26. The molecule has 3 unspecified atom stereocenters. The van der Waals surface area contributed by atoms with Crippen LogP contribution in [0.1, 0.15) is 40.0 Å². The SMILES string of the molecule is CC1CCC(C(C)C)C(N(C)CCOP(O)(O)=S)C1. The number of rotatable bonds is 6. The van der Waals surface area contributed by atoms with Crippen LogP contribution < -0.4 is 0 Å². The molecule has 0 aromatic heterocycles. The fraction of sp³-hybridized carbons (Fsp3) is 1.00. The predicted molar refractivity (Wildman–Crippen MR) is 82.4 cm³/mol. The Kier molecular flexibility index (Phi) is 6.91. The van der Waals surface area contributed by atoms with E-state index in [0.717, 1.165) is 5.92 Å². The molecule has 0 spiro atoms. The van der Waals surface area contributed by atoms with E-state index < -0.39 is 6.72 Å². The first-order chi connectivity index (χ1) is 8.70. The van der Waals surface area contributed by atoms with Crippen molar-refractivity contribution in [2.45, 2.75) is 46.1 Å². The molecule has 0 saturated heterocycles. The van der Waals surface area contributed by atoms with Crippen LogP contribution in [0.2, 0.25) is 0 Å². The van der Waals surface area contributed by atoms with E-state index in [0.29, 0.717) is 24.4 Å². The zero-order valence-electron chi connectivity index (χ0n) is 12.5. The van der Waals surface area contributed by atoms with Crippen molar-refractivity contribution in [2.75, 3.05) is 20.2 Å². The monoisotopic (exact) mass is 309 g/mol. The summed E-state index contributed by atoms with van der Waals surface area (Å²) in [6.45, 7) is 4.38. The Balaban J connectivity index is 2.51. The number of likely N-dealkylation sites (N-methyl/N-ethyl adjacent to an activating group) is 1. The van der Waals surface area contributed by atoms with Gasteiger partial charge in [0.05, 0.1) is 6.61 Å². The van der Waals surface area contributed by atoms with Gasteiger partial charge in [0, 0.05) is 12.6 Å². The van der Waals surface area contributed by atoms with Crippen molar-refractivity contribution in [1.29, 1.82) is 0 Å². The van der Waals surface area contributed by atoms with Gasteiger partial charge in [0.1, 0.15) is 0 Å². The Morgan fingerprint density at radius 2 is 2.00 bits per heavy atom. The Morgan fingerprint density at radius 1 is 1.37 bits per heavy atom. The highest BCUT2D eigenvalue weighted by Crippen LogP contribution is 2.37. The molecule has 3 atom stereocenters. The molecule has 0 aromatic carbocycles. The molecule has 0 radical (unpaired) electrons. The van der Waals surface area contributed by atoms with E-state index in [9.17, 15) is 0 Å². The van der Waals surface area contributed by atoms with Crippen molar-refractivity contribution in [2.24, 2.45) is 17.8 Å². The van der Waals surface area contributed by atoms with Gasteiger partial charge in [-0.2, -0.15) is 0 Å². The highest BCUT2D eigenvalue weighted by molar-refractivity contribution is 8.06. The highest BCUT2D eigenvalue weighted by atomic mass is 32.5. The molecular formula is C13H28NO3PS. The Hall–Kier alpha value is 0.490. The fourth-order valence-electron chi connectivity index (χ4n) is 3.13. The lowest BCUT2D eigenvalue weighted by atomic mass is 9.73. The van der Waals surface area contributed by atoms with E-state index in [4.69, 9.17) is 14.3 Å². The molecule has 0 aliphatic heterocycles. The van der Waals surface area contributed by atoms with Gasteiger partial charge in [-0.3, -0.25) is 0 Å². The molecule has 6 heteroatoms. The van der Waals surface area contributed by atoms with Crippen LogP contribution in [0.5, 0.6) is 0 Å². The first-order valence-corrected chi connectivity index (χ1v) is 9.73. The molecule has 1 rings (SSSR count). The Bertz CT molecular complexity index is 321. The van der Waals surface area contributed by atoms with Gasteiger partial charge >= 0.3 is 6.72 Å². The molecule has 4 nitrogen and oxygen atoms in total. The van der Waals surface area contributed by atoms with E-state index in [2.05, 4.69) is 44.5 Å². The standard InChI is InChI=1S/C13H28NO3PS/c1-10(2)12-6-5-11(3)9-13(12)14(4)7-8-17-18(15,16)19/h10-13H,5-9H2,1-4H3,(H2,15,16,19). The van der Waals surface area contributed by atoms with E-state index in [-0.39, 0.29) is 6.61 Å². The van der Waals surface area contributed by atoms with Gasteiger partial charge in [-0.25, -0.2) is 0 Å². The van der Waals surface area contributed by atoms with Crippen LogP contribution in [0, 0.1) is 17.8 Å². The third-order valence-electron chi connectivity index (χ3n) is 4.26. The van der Waals surface area contributed by atoms with Crippen molar-refractivity contribution < 1.29 is 14.3 Å². The summed E-state index contributed by atoms with van der Waals surface area (Å²) in [6.07, 6.45) is 3.82. The van der Waals surface area contributed by atoms with E-state index in [1.54, 1.807) is 0 Å². The number of nitrogens with zero attached hydrogens (tertiary/aromatic N) is 1. The summed E-state index contributed by atoms with van der Waals surface area (Å²) in [5.41, 5.74) is 0. The van der Waals surface area contributed by atoms with Gasteiger partial charge in [0.2, 0.25) is 0 Å². The lowest BCUT2D eigenvalue weighted by Crippen LogP contribution is -2.45. The molecule has 1 aliphatic carbocycles. The molecule has 2 N–H and O–H groups in total. The first-order valence-electron chi connectivity index (χ1n) is 7.11. The predicted octanol–water partition coefficient (Wildman–Crippen LogP) is 2.60. The van der Waals surface area contributed by atoms with Crippen molar-refractivity contribution in [3.63, 3.8) is 0 Å². The molecule has 1 aliphatic rings. The van der Waals surface area contributed by atoms with Crippen LogP contribution in [0.3, 0.4) is 0 Å². The molecule has 0 bridgehead atoms. The minimum Gasteiger partial charge on any atom is -0.325 e. The summed E-state index contributed by atoms with van der Waals surface area (Å²) in [4.78, 5) is 20.4.